The maximum absolute atomic E-state index is 12.2. The van der Waals surface area contributed by atoms with Gasteiger partial charge in [-0.1, -0.05) is 36.4 Å². The number of hydrogen-bond acceptors (Lipinski definition) is 5. The van der Waals surface area contributed by atoms with Crippen LogP contribution in [-0.4, -0.2) is 41.7 Å². The summed E-state index contributed by atoms with van der Waals surface area (Å²) in [6.45, 7) is 0.145. The van der Waals surface area contributed by atoms with Crippen molar-refractivity contribution < 1.29 is 14.3 Å². The number of esters is 1. The quantitative estimate of drug-likeness (QED) is 0.481. The molecule has 1 aromatic heterocycles. The Morgan fingerprint density at radius 3 is 2.52 bits per heavy atom. The molecule has 2 aromatic carbocycles. The highest BCUT2D eigenvalue weighted by molar-refractivity contribution is 7.98. The minimum Gasteiger partial charge on any atom is -0.451 e. The molecule has 0 saturated carbocycles. The molecule has 3 rings (SSSR count). The van der Waals surface area contributed by atoms with Crippen LogP contribution >= 0.6 is 11.8 Å². The first-order chi connectivity index (χ1) is 13.1. The van der Waals surface area contributed by atoms with E-state index in [-0.39, 0.29) is 18.2 Å². The molecule has 3 aromatic rings. The molecule has 0 aliphatic heterocycles. The summed E-state index contributed by atoms with van der Waals surface area (Å²) >= 11 is 1.67. The largest absolute Gasteiger partial charge is 0.451 e. The van der Waals surface area contributed by atoms with Gasteiger partial charge >= 0.3 is 5.97 Å². The molecule has 0 atom stereocenters. The zero-order chi connectivity index (χ0) is 19.2. The predicted octanol–water partition coefficient (Wildman–Crippen LogP) is 3.77. The van der Waals surface area contributed by atoms with Crippen LogP contribution in [0.25, 0.3) is 10.9 Å². The second-order valence-electron chi connectivity index (χ2n) is 6.06. The lowest BCUT2D eigenvalue weighted by atomic mass is 10.2. The standard InChI is InChI=1S/C21H20N2O3S/c1-23(13-15-7-10-17(27-2)11-8-15)20(24)14-26-21(25)19-12-9-16-5-3-4-6-18(16)22-19/h3-12H,13-14H2,1-2H3. The van der Waals surface area contributed by atoms with Crippen LogP contribution in [0.4, 0.5) is 0 Å². The number of benzene rings is 2. The summed E-state index contributed by atoms with van der Waals surface area (Å²) in [5.74, 6) is -0.870. The third-order valence-electron chi connectivity index (χ3n) is 4.14. The Labute approximate surface area is 162 Å². The van der Waals surface area contributed by atoms with Crippen molar-refractivity contribution in [2.75, 3.05) is 19.9 Å². The van der Waals surface area contributed by atoms with Crippen LogP contribution in [0.15, 0.2) is 65.6 Å². The molecule has 138 valence electrons. The summed E-state index contributed by atoms with van der Waals surface area (Å²) in [6.07, 6.45) is 2.02. The number of hydrogen-bond donors (Lipinski definition) is 0. The van der Waals surface area contributed by atoms with Crippen molar-refractivity contribution in [3.8, 4) is 0 Å². The molecule has 0 aliphatic rings. The normalized spacial score (nSPS) is 10.6. The van der Waals surface area contributed by atoms with Gasteiger partial charge in [-0.2, -0.15) is 0 Å². The molecule has 27 heavy (non-hydrogen) atoms. The average molecular weight is 380 g/mol. The molecule has 0 radical (unpaired) electrons. The maximum atomic E-state index is 12.2. The Bertz CT molecular complexity index is 957. The van der Waals surface area contributed by atoms with E-state index in [4.69, 9.17) is 4.74 Å². The molecule has 0 aliphatic carbocycles. The van der Waals surface area contributed by atoms with Crippen LogP contribution in [0, 0.1) is 0 Å². The van der Waals surface area contributed by atoms with Gasteiger partial charge in [-0.05, 0) is 36.1 Å². The topological polar surface area (TPSA) is 59.5 Å². The number of thioether (sulfide) groups is 1. The van der Waals surface area contributed by atoms with E-state index in [1.54, 1.807) is 24.9 Å². The van der Waals surface area contributed by atoms with Crippen molar-refractivity contribution in [1.29, 1.82) is 0 Å². The van der Waals surface area contributed by atoms with Crippen molar-refractivity contribution in [2.24, 2.45) is 0 Å². The van der Waals surface area contributed by atoms with E-state index in [1.165, 1.54) is 9.80 Å². The van der Waals surface area contributed by atoms with Gasteiger partial charge in [0.1, 0.15) is 5.69 Å². The molecule has 0 spiro atoms. The summed E-state index contributed by atoms with van der Waals surface area (Å²) in [7, 11) is 1.69. The minimum absolute atomic E-state index is 0.191. The van der Waals surface area contributed by atoms with Crippen LogP contribution in [-0.2, 0) is 16.1 Å². The molecule has 0 bridgehead atoms. The van der Waals surface area contributed by atoms with Gasteiger partial charge < -0.3 is 9.64 Å². The lowest BCUT2D eigenvalue weighted by molar-refractivity contribution is -0.133. The van der Waals surface area contributed by atoms with Crippen LogP contribution in [0.1, 0.15) is 16.1 Å². The zero-order valence-electron chi connectivity index (χ0n) is 15.2. The number of aromatic nitrogens is 1. The predicted molar refractivity (Wildman–Crippen MR) is 107 cm³/mol. The number of amides is 1. The molecule has 1 amide bonds. The molecule has 0 N–H and O–H groups in total. The highest BCUT2D eigenvalue weighted by Crippen LogP contribution is 2.16. The van der Waals surface area contributed by atoms with Gasteiger partial charge in [-0.15, -0.1) is 11.8 Å². The van der Waals surface area contributed by atoms with Gasteiger partial charge in [0, 0.05) is 23.9 Å². The van der Waals surface area contributed by atoms with Crippen molar-refractivity contribution in [2.45, 2.75) is 11.4 Å². The number of nitrogens with zero attached hydrogens (tertiary/aromatic N) is 2. The molecule has 0 fully saturated rings. The SMILES string of the molecule is CSc1ccc(CN(C)C(=O)COC(=O)c2ccc3ccccc3n2)cc1. The van der Waals surface area contributed by atoms with Gasteiger partial charge in [0.05, 0.1) is 5.52 Å². The number of para-hydroxylation sites is 1. The highest BCUT2D eigenvalue weighted by atomic mass is 32.2. The Morgan fingerprint density at radius 2 is 1.78 bits per heavy atom. The van der Waals surface area contributed by atoms with E-state index in [0.717, 1.165) is 10.9 Å². The lowest BCUT2D eigenvalue weighted by Crippen LogP contribution is -2.30. The monoisotopic (exact) mass is 380 g/mol. The first-order valence-corrected chi connectivity index (χ1v) is 9.69. The summed E-state index contributed by atoms with van der Waals surface area (Å²) in [5, 5.41) is 0.942. The number of rotatable bonds is 6. The molecular weight excluding hydrogens is 360 g/mol. The van der Waals surface area contributed by atoms with E-state index < -0.39 is 5.97 Å². The zero-order valence-corrected chi connectivity index (χ0v) is 16.0. The summed E-state index contributed by atoms with van der Waals surface area (Å²) in [5.41, 5.74) is 1.92. The first kappa shape index (κ1) is 18.9. The van der Waals surface area contributed by atoms with Crippen LogP contribution < -0.4 is 0 Å². The van der Waals surface area contributed by atoms with Crippen LogP contribution in [0.2, 0.25) is 0 Å². The van der Waals surface area contributed by atoms with Crippen molar-refractivity contribution in [3.63, 3.8) is 0 Å². The molecule has 0 saturated heterocycles. The van der Waals surface area contributed by atoms with E-state index >= 15 is 0 Å². The lowest BCUT2D eigenvalue weighted by Gasteiger charge is -2.17. The van der Waals surface area contributed by atoms with Gasteiger partial charge in [0.2, 0.25) is 0 Å². The minimum atomic E-state index is -0.605. The van der Waals surface area contributed by atoms with Gasteiger partial charge in [0.25, 0.3) is 5.91 Å². The highest BCUT2D eigenvalue weighted by Gasteiger charge is 2.15. The molecule has 0 unspecified atom stereocenters. The number of likely N-dealkylation sites (N-methyl/N-ethyl adjacent to an activating group) is 1. The van der Waals surface area contributed by atoms with Gasteiger partial charge in [-0.25, -0.2) is 9.78 Å². The second kappa shape index (κ2) is 8.68. The van der Waals surface area contributed by atoms with E-state index in [0.29, 0.717) is 12.1 Å². The van der Waals surface area contributed by atoms with E-state index in [2.05, 4.69) is 4.98 Å². The van der Waals surface area contributed by atoms with Crippen molar-refractivity contribution >= 4 is 34.5 Å². The molecular formula is C21H20N2O3S. The van der Waals surface area contributed by atoms with Gasteiger partial charge in [0.15, 0.2) is 6.61 Å². The molecule has 1 heterocycles. The number of fused-ring (bicyclic) bond motifs is 1. The molecule has 5 nitrogen and oxygen atoms in total. The fourth-order valence-electron chi connectivity index (χ4n) is 2.58. The number of carbonyl (C=O) groups excluding carboxylic acids is 2. The Hall–Kier alpha value is -2.86. The van der Waals surface area contributed by atoms with E-state index in [1.807, 2.05) is 60.9 Å². The van der Waals surface area contributed by atoms with Crippen molar-refractivity contribution in [1.82, 2.24) is 9.88 Å². The summed E-state index contributed by atoms with van der Waals surface area (Å²) in [6, 6.07) is 18.9. The Kier molecular flexibility index (Phi) is 6.08. The maximum Gasteiger partial charge on any atom is 0.357 e. The Morgan fingerprint density at radius 1 is 1.04 bits per heavy atom. The smallest absolute Gasteiger partial charge is 0.357 e. The first-order valence-electron chi connectivity index (χ1n) is 8.46. The van der Waals surface area contributed by atoms with Gasteiger partial charge in [-0.3, -0.25) is 4.79 Å². The number of pyridine rings is 1. The van der Waals surface area contributed by atoms with Crippen LogP contribution in [0.5, 0.6) is 0 Å². The third kappa shape index (κ3) is 4.86. The second-order valence-corrected chi connectivity index (χ2v) is 6.94. The molecule has 6 heteroatoms. The number of carbonyl (C=O) groups is 2. The Balaban J connectivity index is 1.55. The third-order valence-corrected chi connectivity index (χ3v) is 4.88. The summed E-state index contributed by atoms with van der Waals surface area (Å²) < 4.78 is 5.14. The fraction of sp³-hybridized carbons (Fsp3) is 0.190. The van der Waals surface area contributed by atoms with E-state index in [9.17, 15) is 9.59 Å². The van der Waals surface area contributed by atoms with Crippen molar-refractivity contribution in [3.05, 3.63) is 71.9 Å². The summed E-state index contributed by atoms with van der Waals surface area (Å²) in [4.78, 5) is 31.4. The fourth-order valence-corrected chi connectivity index (χ4v) is 2.99. The average Bonchev–Trinajstić information content (AvgIpc) is 2.71. The number of ether oxygens (including phenoxy) is 1. The van der Waals surface area contributed by atoms with Crippen LogP contribution in [0.3, 0.4) is 0 Å².